The molecule has 0 aliphatic rings. The second kappa shape index (κ2) is 22.6. The van der Waals surface area contributed by atoms with Gasteiger partial charge in [-0.25, -0.2) is 20.0 Å². The number of anilines is 8. The molecule has 0 saturated carbocycles. The van der Waals surface area contributed by atoms with Crippen molar-refractivity contribution in [3.05, 3.63) is 275 Å². The number of benzene rings is 9. The van der Waals surface area contributed by atoms with Crippen LogP contribution in [-0.2, 0) is 0 Å². The Hall–Kier alpha value is -9.97. The molecular formula is C59H44BrN9O4. The van der Waals surface area contributed by atoms with E-state index < -0.39 is 51.4 Å². The summed E-state index contributed by atoms with van der Waals surface area (Å²) in [7, 11) is 0. The maximum Gasteiger partial charge on any atom is 0.279 e. The van der Waals surface area contributed by atoms with E-state index in [0.717, 1.165) is 0 Å². The van der Waals surface area contributed by atoms with Crippen LogP contribution in [0.1, 0.15) is 47.0 Å². The number of hydrogen-bond donors (Lipinski definition) is 4. The number of carbonyl (C=O) groups excluding carboxylic acids is 4. The van der Waals surface area contributed by atoms with Crippen LogP contribution in [-0.4, -0.2) is 23.6 Å². The zero-order valence-corrected chi connectivity index (χ0v) is 40.4. The topological polar surface area (TPSA) is 153 Å². The largest absolute Gasteiger partial charge is 0.291 e. The highest BCUT2D eigenvalue weighted by molar-refractivity contribution is 9.10. The third kappa shape index (κ3) is 10.8. The van der Waals surface area contributed by atoms with E-state index in [1.54, 1.807) is 218 Å². The first kappa shape index (κ1) is 48.1. The summed E-state index contributed by atoms with van der Waals surface area (Å²) < 4.78 is -0.264. The minimum absolute atomic E-state index is 0.264. The lowest BCUT2D eigenvalue weighted by molar-refractivity contribution is 0.0948. The van der Waals surface area contributed by atoms with Crippen molar-refractivity contribution < 1.29 is 19.2 Å². The molecule has 9 aromatic rings. The van der Waals surface area contributed by atoms with E-state index in [1.807, 2.05) is 24.3 Å². The normalized spacial score (nSPS) is 10.5. The average molecular weight is 1020 g/mol. The summed E-state index contributed by atoms with van der Waals surface area (Å²) in [4.78, 5) is 64.6. The van der Waals surface area contributed by atoms with Gasteiger partial charge >= 0.3 is 0 Å². The molecule has 0 aliphatic carbocycles. The highest BCUT2D eigenvalue weighted by Gasteiger charge is 2.41. The Labute approximate surface area is 430 Å². The fourth-order valence-corrected chi connectivity index (χ4v) is 8.65. The molecule has 0 atom stereocenters. The van der Waals surface area contributed by atoms with Gasteiger partial charge in [0.05, 0.1) is 73.3 Å². The van der Waals surface area contributed by atoms with E-state index in [-0.39, 0.29) is 4.47 Å². The molecule has 0 fully saturated rings. The second-order valence-electron chi connectivity index (χ2n) is 16.1. The van der Waals surface area contributed by atoms with E-state index in [4.69, 9.17) is 0 Å². The zero-order valence-electron chi connectivity index (χ0n) is 38.8. The molecule has 0 aromatic heterocycles. The number of halogens is 1. The number of hydrazine groups is 4. The van der Waals surface area contributed by atoms with Gasteiger partial charge in [-0.3, -0.25) is 40.9 Å². The molecular weight excluding hydrogens is 979 g/mol. The fraction of sp³-hybridized carbons (Fsp3) is 0. The van der Waals surface area contributed by atoms with E-state index >= 15 is 19.2 Å². The standard InChI is InChI=1S/C59H44BrN9O4/c60-55-53(58(72)68(48-37-21-7-22-38-48)64-44-29-13-3-14-30-44)51(56(70)66(46-33-17-5-18-34-46)62-42-25-9-1-10-26-42)50(41-61)52(57(71)67(47-35-19-6-20-36-47)63-43-27-11-2-12-28-43)54(55)59(73)69(49-39-23-8-24-40-49)65-45-31-15-4-16-32-45/h1-40,62-65H. The van der Waals surface area contributed by atoms with Crippen molar-refractivity contribution in [3.8, 4) is 6.07 Å². The second-order valence-corrected chi connectivity index (χ2v) is 16.9. The zero-order chi connectivity index (χ0) is 50.5. The lowest BCUT2D eigenvalue weighted by Crippen LogP contribution is -2.44. The molecule has 4 N–H and O–H groups in total. The molecule has 356 valence electrons. The summed E-state index contributed by atoms with van der Waals surface area (Å²) in [5.74, 6) is -3.57. The Morgan fingerprint density at radius 3 is 0.712 bits per heavy atom. The molecule has 9 rings (SSSR count). The van der Waals surface area contributed by atoms with Crippen molar-refractivity contribution in [3.63, 3.8) is 0 Å². The summed E-state index contributed by atoms with van der Waals surface area (Å²) in [5.41, 5.74) is 13.7. The molecule has 0 unspecified atom stereocenters. The van der Waals surface area contributed by atoms with Gasteiger partial charge in [0, 0.05) is 4.47 Å². The van der Waals surface area contributed by atoms with Gasteiger partial charge in [0.25, 0.3) is 23.6 Å². The smallest absolute Gasteiger partial charge is 0.279 e. The number of amides is 4. The molecule has 0 saturated heterocycles. The van der Waals surface area contributed by atoms with Crippen LogP contribution in [0.4, 0.5) is 45.5 Å². The van der Waals surface area contributed by atoms with Gasteiger partial charge in [-0.1, -0.05) is 146 Å². The predicted molar refractivity (Wildman–Crippen MR) is 292 cm³/mol. The van der Waals surface area contributed by atoms with Gasteiger partial charge in [0.1, 0.15) is 6.07 Å². The van der Waals surface area contributed by atoms with Crippen LogP contribution in [0.3, 0.4) is 0 Å². The van der Waals surface area contributed by atoms with E-state index in [2.05, 4.69) is 43.7 Å². The first-order valence-electron chi connectivity index (χ1n) is 22.9. The highest BCUT2D eigenvalue weighted by atomic mass is 79.9. The number of nitriles is 1. The summed E-state index contributed by atoms with van der Waals surface area (Å²) >= 11 is 3.74. The third-order valence-corrected chi connectivity index (χ3v) is 12.1. The summed E-state index contributed by atoms with van der Waals surface area (Å²) in [5, 5.41) is 16.7. The molecule has 0 bridgehead atoms. The third-order valence-electron chi connectivity index (χ3n) is 11.3. The first-order valence-corrected chi connectivity index (χ1v) is 23.7. The van der Waals surface area contributed by atoms with Crippen molar-refractivity contribution in [2.75, 3.05) is 41.7 Å². The van der Waals surface area contributed by atoms with E-state index in [9.17, 15) is 5.26 Å². The molecule has 73 heavy (non-hydrogen) atoms. The molecule has 0 spiro atoms. The summed E-state index contributed by atoms with van der Waals surface area (Å²) in [6.45, 7) is 0. The highest BCUT2D eigenvalue weighted by Crippen LogP contribution is 2.39. The minimum atomic E-state index is -0.916. The maximum atomic E-state index is 16.2. The van der Waals surface area contributed by atoms with Gasteiger partial charge in [0.2, 0.25) is 0 Å². The molecule has 0 heterocycles. The monoisotopic (exact) mass is 1020 g/mol. The molecule has 13 nitrogen and oxygen atoms in total. The van der Waals surface area contributed by atoms with Crippen LogP contribution < -0.4 is 41.7 Å². The Bertz CT molecular complexity index is 3180. The van der Waals surface area contributed by atoms with Crippen LogP contribution in [0.25, 0.3) is 0 Å². The van der Waals surface area contributed by atoms with Crippen molar-refractivity contribution >= 4 is 85.1 Å². The number of hydrogen-bond acceptors (Lipinski definition) is 9. The number of rotatable bonds is 16. The van der Waals surface area contributed by atoms with Gasteiger partial charge in [-0.05, 0) is 113 Å². The number of nitrogens with one attached hydrogen (secondary N) is 4. The van der Waals surface area contributed by atoms with Crippen LogP contribution in [0.5, 0.6) is 0 Å². The lowest BCUT2D eigenvalue weighted by atomic mass is 9.89. The Kier molecular flexibility index (Phi) is 14.9. The number of nitrogens with zero attached hydrogens (tertiary/aromatic N) is 5. The van der Waals surface area contributed by atoms with Gasteiger partial charge in [-0.2, -0.15) is 5.26 Å². The van der Waals surface area contributed by atoms with Crippen LogP contribution in [0, 0.1) is 11.3 Å². The first-order chi connectivity index (χ1) is 35.8. The lowest BCUT2D eigenvalue weighted by Gasteiger charge is -2.32. The van der Waals surface area contributed by atoms with Crippen LogP contribution >= 0.6 is 15.9 Å². The molecule has 9 aromatic carbocycles. The molecule has 14 heteroatoms. The summed E-state index contributed by atoms with van der Waals surface area (Å²) in [6.07, 6.45) is 0. The number of para-hydroxylation sites is 8. The Morgan fingerprint density at radius 1 is 0.315 bits per heavy atom. The van der Waals surface area contributed by atoms with Crippen LogP contribution in [0.15, 0.2) is 247 Å². The molecule has 0 aliphatic heterocycles. The van der Waals surface area contributed by atoms with E-state index in [1.165, 1.54) is 20.0 Å². The van der Waals surface area contributed by atoms with Crippen molar-refractivity contribution in [1.29, 1.82) is 5.26 Å². The fourth-order valence-electron chi connectivity index (χ4n) is 7.91. The van der Waals surface area contributed by atoms with Crippen molar-refractivity contribution in [1.82, 2.24) is 0 Å². The predicted octanol–water partition coefficient (Wildman–Crippen LogP) is 13.0. The average Bonchev–Trinajstić information content (AvgIpc) is 3.45. The molecule has 4 amide bonds. The quantitative estimate of drug-likeness (QED) is 0.0693. The van der Waals surface area contributed by atoms with Gasteiger partial charge < -0.3 is 0 Å². The van der Waals surface area contributed by atoms with Crippen molar-refractivity contribution in [2.24, 2.45) is 0 Å². The number of carbonyl (C=O) groups is 4. The van der Waals surface area contributed by atoms with Crippen molar-refractivity contribution in [2.45, 2.75) is 0 Å². The molecule has 0 radical (unpaired) electrons. The maximum absolute atomic E-state index is 16.2. The Morgan fingerprint density at radius 2 is 0.507 bits per heavy atom. The van der Waals surface area contributed by atoms with Crippen LogP contribution in [0.2, 0.25) is 0 Å². The van der Waals surface area contributed by atoms with E-state index in [0.29, 0.717) is 45.5 Å². The van der Waals surface area contributed by atoms with Gasteiger partial charge in [-0.15, -0.1) is 0 Å². The Balaban J connectivity index is 1.39. The summed E-state index contributed by atoms with van der Waals surface area (Å²) in [6, 6.07) is 72.4. The van der Waals surface area contributed by atoms with Gasteiger partial charge in [0.15, 0.2) is 0 Å². The SMILES string of the molecule is N#Cc1c(C(=O)N(Nc2ccccc2)c2ccccc2)c(C(=O)N(Nc2ccccc2)c2ccccc2)c(Br)c(C(=O)N(Nc2ccccc2)c2ccccc2)c1C(=O)N(Nc1ccccc1)c1ccccc1. The minimum Gasteiger partial charge on any atom is -0.291 e.